The molecular formula is C15H25N3O2S. The molecule has 2 N–H and O–H groups in total. The zero-order valence-electron chi connectivity index (χ0n) is 12.8. The van der Waals surface area contributed by atoms with Gasteiger partial charge in [0.1, 0.15) is 10.7 Å². The van der Waals surface area contributed by atoms with Crippen LogP contribution in [0.3, 0.4) is 0 Å². The van der Waals surface area contributed by atoms with Gasteiger partial charge in [0.25, 0.3) is 0 Å². The second kappa shape index (κ2) is 7.22. The smallest absolute Gasteiger partial charge is 0.244 e. The van der Waals surface area contributed by atoms with E-state index in [1.165, 1.54) is 19.3 Å². The molecule has 0 spiro atoms. The van der Waals surface area contributed by atoms with Crippen molar-refractivity contribution in [1.29, 1.82) is 0 Å². The highest BCUT2D eigenvalue weighted by Crippen LogP contribution is 2.29. The van der Waals surface area contributed by atoms with Crippen molar-refractivity contribution in [1.82, 2.24) is 9.71 Å². The summed E-state index contributed by atoms with van der Waals surface area (Å²) >= 11 is 0. The van der Waals surface area contributed by atoms with E-state index in [0.29, 0.717) is 30.7 Å². The predicted molar refractivity (Wildman–Crippen MR) is 84.7 cm³/mol. The van der Waals surface area contributed by atoms with E-state index in [0.717, 1.165) is 6.42 Å². The Morgan fingerprint density at radius 1 is 1.33 bits per heavy atom. The Hall–Kier alpha value is -1.14. The number of sulfonamides is 1. The summed E-state index contributed by atoms with van der Waals surface area (Å²) in [6.07, 6.45) is 6.36. The molecule has 21 heavy (non-hydrogen) atoms. The first kappa shape index (κ1) is 16.2. The maximum absolute atomic E-state index is 12.5. The molecule has 2 unspecified atom stereocenters. The van der Waals surface area contributed by atoms with Crippen LogP contribution in [0.4, 0.5) is 5.82 Å². The number of rotatable bonds is 6. The van der Waals surface area contributed by atoms with Crippen LogP contribution >= 0.6 is 0 Å². The van der Waals surface area contributed by atoms with E-state index in [-0.39, 0.29) is 4.90 Å². The van der Waals surface area contributed by atoms with Gasteiger partial charge in [0.2, 0.25) is 10.0 Å². The van der Waals surface area contributed by atoms with E-state index >= 15 is 0 Å². The molecule has 0 aromatic carbocycles. The standard InChI is InChI=1S/C15H25N3O2S/c1-3-16-15-14(9-6-10-17-15)21(19,20)18-11-13-8-5-4-7-12(13)2/h6,9-10,12-13,18H,3-5,7-8,11H2,1-2H3,(H,16,17). The minimum absolute atomic E-state index is 0.232. The van der Waals surface area contributed by atoms with Gasteiger partial charge in [-0.05, 0) is 37.3 Å². The van der Waals surface area contributed by atoms with E-state index in [4.69, 9.17) is 0 Å². The lowest BCUT2D eigenvalue weighted by atomic mass is 9.81. The number of anilines is 1. The van der Waals surface area contributed by atoms with Crippen LogP contribution in [0.1, 0.15) is 39.5 Å². The van der Waals surface area contributed by atoms with Crippen molar-refractivity contribution in [2.24, 2.45) is 11.8 Å². The average Bonchev–Trinajstić information content (AvgIpc) is 2.47. The highest BCUT2D eigenvalue weighted by molar-refractivity contribution is 7.89. The summed E-state index contributed by atoms with van der Waals surface area (Å²) in [5.41, 5.74) is 0. The number of pyridine rings is 1. The predicted octanol–water partition coefficient (Wildman–Crippen LogP) is 2.62. The number of nitrogens with one attached hydrogen (secondary N) is 2. The second-order valence-electron chi connectivity index (χ2n) is 5.75. The molecule has 0 aliphatic heterocycles. The zero-order chi connectivity index (χ0) is 15.3. The molecule has 6 heteroatoms. The van der Waals surface area contributed by atoms with Crippen molar-refractivity contribution in [3.63, 3.8) is 0 Å². The molecule has 0 bridgehead atoms. The van der Waals surface area contributed by atoms with Crippen molar-refractivity contribution in [3.05, 3.63) is 18.3 Å². The maximum atomic E-state index is 12.5. The van der Waals surface area contributed by atoms with Crippen molar-refractivity contribution in [2.75, 3.05) is 18.4 Å². The first-order chi connectivity index (χ1) is 10.0. The van der Waals surface area contributed by atoms with E-state index in [2.05, 4.69) is 21.9 Å². The van der Waals surface area contributed by atoms with Crippen molar-refractivity contribution in [2.45, 2.75) is 44.4 Å². The molecule has 2 rings (SSSR count). The van der Waals surface area contributed by atoms with Gasteiger partial charge in [-0.1, -0.05) is 26.2 Å². The fourth-order valence-electron chi connectivity index (χ4n) is 2.90. The summed E-state index contributed by atoms with van der Waals surface area (Å²) in [5.74, 6) is 1.44. The van der Waals surface area contributed by atoms with Crippen LogP contribution in [-0.4, -0.2) is 26.5 Å². The molecule has 1 aliphatic carbocycles. The molecule has 0 saturated heterocycles. The topological polar surface area (TPSA) is 71.1 Å². The molecule has 0 radical (unpaired) electrons. The lowest BCUT2D eigenvalue weighted by Gasteiger charge is -2.28. The van der Waals surface area contributed by atoms with E-state index < -0.39 is 10.0 Å². The summed E-state index contributed by atoms with van der Waals surface area (Å²) in [4.78, 5) is 4.35. The highest BCUT2D eigenvalue weighted by Gasteiger charge is 2.25. The van der Waals surface area contributed by atoms with Crippen molar-refractivity contribution >= 4 is 15.8 Å². The fraction of sp³-hybridized carbons (Fsp3) is 0.667. The lowest BCUT2D eigenvalue weighted by Crippen LogP contribution is -2.33. The average molecular weight is 311 g/mol. The third-order valence-corrected chi connectivity index (χ3v) is 5.68. The van der Waals surface area contributed by atoms with Crippen molar-refractivity contribution < 1.29 is 8.42 Å². The van der Waals surface area contributed by atoms with Gasteiger partial charge in [0.15, 0.2) is 0 Å². The molecule has 5 nitrogen and oxygen atoms in total. The van der Waals surface area contributed by atoms with E-state index in [1.807, 2.05) is 6.92 Å². The SMILES string of the molecule is CCNc1ncccc1S(=O)(=O)NCC1CCCCC1C. The van der Waals surface area contributed by atoms with Crippen LogP contribution < -0.4 is 10.0 Å². The van der Waals surface area contributed by atoms with Gasteiger partial charge in [-0.15, -0.1) is 0 Å². The Morgan fingerprint density at radius 2 is 2.10 bits per heavy atom. The van der Waals surface area contributed by atoms with Crippen LogP contribution in [0.5, 0.6) is 0 Å². The molecule has 118 valence electrons. The molecule has 1 aromatic heterocycles. The number of hydrogen-bond acceptors (Lipinski definition) is 4. The third kappa shape index (κ3) is 4.17. The summed E-state index contributed by atoms with van der Waals surface area (Å²) in [7, 11) is -3.51. The first-order valence-electron chi connectivity index (χ1n) is 7.73. The van der Waals surface area contributed by atoms with E-state index in [9.17, 15) is 8.42 Å². The maximum Gasteiger partial charge on any atom is 0.244 e. The monoisotopic (exact) mass is 311 g/mol. The molecule has 1 aliphatic rings. The Balaban J connectivity index is 2.08. The van der Waals surface area contributed by atoms with Crippen LogP contribution in [0.25, 0.3) is 0 Å². The van der Waals surface area contributed by atoms with Gasteiger partial charge >= 0.3 is 0 Å². The highest BCUT2D eigenvalue weighted by atomic mass is 32.2. The number of nitrogens with zero attached hydrogens (tertiary/aromatic N) is 1. The third-order valence-electron chi connectivity index (χ3n) is 4.23. The lowest BCUT2D eigenvalue weighted by molar-refractivity contribution is 0.257. The first-order valence-corrected chi connectivity index (χ1v) is 9.21. The molecule has 1 heterocycles. The Kier molecular flexibility index (Phi) is 5.58. The van der Waals surface area contributed by atoms with Gasteiger partial charge in [-0.2, -0.15) is 0 Å². The van der Waals surface area contributed by atoms with Crippen molar-refractivity contribution in [3.8, 4) is 0 Å². The summed E-state index contributed by atoms with van der Waals surface area (Å²) < 4.78 is 27.7. The number of hydrogen-bond donors (Lipinski definition) is 2. The largest absolute Gasteiger partial charge is 0.369 e. The summed E-state index contributed by atoms with van der Waals surface area (Å²) in [6, 6.07) is 3.25. The normalized spacial score (nSPS) is 23.0. The molecule has 1 fully saturated rings. The molecule has 2 atom stereocenters. The minimum Gasteiger partial charge on any atom is -0.369 e. The minimum atomic E-state index is -3.51. The number of aromatic nitrogens is 1. The van der Waals surface area contributed by atoms with Crippen LogP contribution in [0.15, 0.2) is 23.2 Å². The van der Waals surface area contributed by atoms with Crippen LogP contribution in [0, 0.1) is 11.8 Å². The quantitative estimate of drug-likeness (QED) is 0.847. The molecule has 0 amide bonds. The van der Waals surface area contributed by atoms with Crippen LogP contribution in [0.2, 0.25) is 0 Å². The summed E-state index contributed by atoms with van der Waals surface area (Å²) in [5, 5.41) is 3.00. The molecule has 1 saturated carbocycles. The van der Waals surface area contributed by atoms with Crippen LogP contribution in [-0.2, 0) is 10.0 Å². The Morgan fingerprint density at radius 3 is 2.81 bits per heavy atom. The van der Waals surface area contributed by atoms with Gasteiger partial charge in [-0.25, -0.2) is 18.1 Å². The second-order valence-corrected chi connectivity index (χ2v) is 7.49. The molecular weight excluding hydrogens is 286 g/mol. The van der Waals surface area contributed by atoms with Gasteiger partial charge < -0.3 is 5.32 Å². The zero-order valence-corrected chi connectivity index (χ0v) is 13.6. The Labute approximate surface area is 127 Å². The Bertz CT molecular complexity index is 560. The van der Waals surface area contributed by atoms with Gasteiger partial charge in [0.05, 0.1) is 0 Å². The van der Waals surface area contributed by atoms with E-state index in [1.54, 1.807) is 18.3 Å². The molecule has 1 aromatic rings. The van der Waals surface area contributed by atoms with Gasteiger partial charge in [0, 0.05) is 19.3 Å². The summed E-state index contributed by atoms with van der Waals surface area (Å²) in [6.45, 7) is 5.29. The fourth-order valence-corrected chi connectivity index (χ4v) is 4.12. The van der Waals surface area contributed by atoms with Gasteiger partial charge in [-0.3, -0.25) is 0 Å².